The zero-order chi connectivity index (χ0) is 24.0. The first-order valence-corrected chi connectivity index (χ1v) is 10.8. The van der Waals surface area contributed by atoms with E-state index in [2.05, 4.69) is 10.3 Å². The minimum absolute atomic E-state index is 0.0287. The number of esters is 1. The molecule has 1 saturated heterocycles. The van der Waals surface area contributed by atoms with Gasteiger partial charge in [-0.1, -0.05) is 13.8 Å². The summed E-state index contributed by atoms with van der Waals surface area (Å²) in [4.78, 5) is 41.9. The second-order valence-corrected chi connectivity index (χ2v) is 8.37. The molecule has 33 heavy (non-hydrogen) atoms. The van der Waals surface area contributed by atoms with Crippen LogP contribution >= 0.6 is 0 Å². The van der Waals surface area contributed by atoms with E-state index in [0.717, 1.165) is 0 Å². The van der Waals surface area contributed by atoms with Crippen molar-refractivity contribution >= 4 is 23.4 Å². The van der Waals surface area contributed by atoms with Gasteiger partial charge in [0.25, 0.3) is 5.91 Å². The average molecular weight is 458 g/mol. The number of rotatable bonds is 8. The van der Waals surface area contributed by atoms with Crippen LogP contribution in [0.1, 0.15) is 37.0 Å². The average Bonchev–Trinajstić information content (AvgIpc) is 2.81. The predicted molar refractivity (Wildman–Crippen MR) is 119 cm³/mol. The van der Waals surface area contributed by atoms with Gasteiger partial charge in [0.1, 0.15) is 11.9 Å². The Balaban J connectivity index is 1.52. The van der Waals surface area contributed by atoms with Crippen molar-refractivity contribution < 1.29 is 23.6 Å². The second kappa shape index (κ2) is 10.8. The minimum atomic E-state index is -0.834. The van der Waals surface area contributed by atoms with Gasteiger partial charge < -0.3 is 15.0 Å². The van der Waals surface area contributed by atoms with E-state index < -0.39 is 28.7 Å². The van der Waals surface area contributed by atoms with Gasteiger partial charge in [0, 0.05) is 30.9 Å². The third-order valence-corrected chi connectivity index (χ3v) is 5.65. The number of carbonyl (C=O) groups is 2. The number of nitrogens with zero attached hydrogens (tertiary/aromatic N) is 3. The molecule has 3 rings (SSSR count). The number of nitro groups is 1. The van der Waals surface area contributed by atoms with Crippen molar-refractivity contribution in [3.05, 3.63) is 64.1 Å². The number of pyridine rings is 1. The van der Waals surface area contributed by atoms with Gasteiger partial charge in [-0.05, 0) is 55.0 Å². The molecular weight excluding hydrogens is 431 g/mol. The van der Waals surface area contributed by atoms with E-state index in [-0.39, 0.29) is 29.7 Å². The monoisotopic (exact) mass is 458 g/mol. The maximum absolute atomic E-state index is 13.1. The van der Waals surface area contributed by atoms with E-state index in [9.17, 15) is 24.1 Å². The van der Waals surface area contributed by atoms with Crippen molar-refractivity contribution in [1.82, 2.24) is 10.3 Å². The van der Waals surface area contributed by atoms with Crippen LogP contribution in [-0.4, -0.2) is 47.5 Å². The first-order valence-electron chi connectivity index (χ1n) is 10.8. The first-order chi connectivity index (χ1) is 15.8. The topological polar surface area (TPSA) is 115 Å². The lowest BCUT2D eigenvalue weighted by Crippen LogP contribution is -2.46. The Morgan fingerprint density at radius 3 is 2.52 bits per heavy atom. The molecular formula is C23H27FN4O5. The molecule has 2 heterocycles. The third-order valence-electron chi connectivity index (χ3n) is 5.65. The van der Waals surface area contributed by atoms with Crippen LogP contribution in [0.5, 0.6) is 0 Å². The van der Waals surface area contributed by atoms with Crippen molar-refractivity contribution in [3.8, 4) is 0 Å². The lowest BCUT2D eigenvalue weighted by Gasteiger charge is -2.32. The Kier molecular flexibility index (Phi) is 7.92. The molecule has 1 amide bonds. The number of nitrogens with one attached hydrogen (secondary N) is 1. The molecule has 1 aromatic carbocycles. The third kappa shape index (κ3) is 6.24. The summed E-state index contributed by atoms with van der Waals surface area (Å²) in [5.74, 6) is -1.20. The Labute approximate surface area is 191 Å². The molecule has 1 fully saturated rings. The highest BCUT2D eigenvalue weighted by Gasteiger charge is 2.29. The molecule has 0 bridgehead atoms. The van der Waals surface area contributed by atoms with Crippen LogP contribution in [0.4, 0.5) is 15.9 Å². The number of carbonyl (C=O) groups excluding carboxylic acids is 2. The summed E-state index contributed by atoms with van der Waals surface area (Å²) in [6.07, 6.45) is 2.91. The van der Waals surface area contributed by atoms with Crippen LogP contribution in [0.25, 0.3) is 0 Å². The van der Waals surface area contributed by atoms with Gasteiger partial charge in [0.2, 0.25) is 5.82 Å². The van der Waals surface area contributed by atoms with Crippen LogP contribution in [0.15, 0.2) is 42.6 Å². The number of hydrogen-bond donors (Lipinski definition) is 1. The fourth-order valence-electron chi connectivity index (χ4n) is 3.70. The molecule has 1 atom stereocenters. The zero-order valence-corrected chi connectivity index (χ0v) is 18.6. The predicted octanol–water partition coefficient (Wildman–Crippen LogP) is 3.34. The number of hydrogen-bond acceptors (Lipinski definition) is 7. The summed E-state index contributed by atoms with van der Waals surface area (Å²) in [7, 11) is 0. The second-order valence-electron chi connectivity index (χ2n) is 8.37. The largest absolute Gasteiger partial charge is 0.464 e. The molecule has 0 aliphatic carbocycles. The lowest BCUT2D eigenvalue weighted by molar-refractivity contribution is -0.384. The van der Waals surface area contributed by atoms with Crippen molar-refractivity contribution in [2.24, 2.45) is 11.8 Å². The summed E-state index contributed by atoms with van der Waals surface area (Å²) >= 11 is 0. The molecule has 1 N–H and O–H groups in total. The molecule has 1 aliphatic heterocycles. The van der Waals surface area contributed by atoms with Crippen LogP contribution in [0.3, 0.4) is 0 Å². The van der Waals surface area contributed by atoms with Gasteiger partial charge in [-0.2, -0.15) is 0 Å². The summed E-state index contributed by atoms with van der Waals surface area (Å²) in [5, 5.41) is 13.9. The van der Waals surface area contributed by atoms with E-state index in [1.807, 2.05) is 4.90 Å². The quantitative estimate of drug-likeness (QED) is 0.366. The summed E-state index contributed by atoms with van der Waals surface area (Å²) in [5.41, 5.74) is 0.227. The molecule has 0 radical (unpaired) electrons. The molecule has 176 valence electrons. The molecule has 10 heteroatoms. The molecule has 0 unspecified atom stereocenters. The maximum atomic E-state index is 13.1. The maximum Gasteiger partial charge on any atom is 0.328 e. The Morgan fingerprint density at radius 1 is 1.24 bits per heavy atom. The van der Waals surface area contributed by atoms with Gasteiger partial charge in [-0.3, -0.25) is 14.9 Å². The minimum Gasteiger partial charge on any atom is -0.464 e. The van der Waals surface area contributed by atoms with Crippen LogP contribution in [0.2, 0.25) is 0 Å². The van der Waals surface area contributed by atoms with Gasteiger partial charge in [0.15, 0.2) is 0 Å². The Morgan fingerprint density at radius 2 is 1.91 bits per heavy atom. The van der Waals surface area contributed by atoms with E-state index in [1.54, 1.807) is 13.8 Å². The van der Waals surface area contributed by atoms with Crippen molar-refractivity contribution in [2.75, 3.05) is 24.6 Å². The molecule has 0 saturated carbocycles. The Hall–Kier alpha value is -3.56. The lowest BCUT2D eigenvalue weighted by atomic mass is 9.97. The van der Waals surface area contributed by atoms with E-state index in [1.165, 1.54) is 42.6 Å². The standard InChI is InChI=1S/C23H27FN4O5/c1-15(2)20(26-22(29)17-5-7-18(24)8-6-17)23(30)33-14-16-9-12-27(13-10-16)21-19(28(31)32)4-3-11-25-21/h3-8,11,15-16,20H,9-10,12-14H2,1-2H3,(H,26,29)/t20-/m0/s1. The fraction of sp³-hybridized carbons (Fsp3) is 0.435. The number of halogens is 1. The first kappa shape index (κ1) is 24.1. The highest BCUT2D eigenvalue weighted by Crippen LogP contribution is 2.29. The summed E-state index contributed by atoms with van der Waals surface area (Å²) in [6.45, 7) is 4.93. The summed E-state index contributed by atoms with van der Waals surface area (Å²) < 4.78 is 18.6. The number of piperidine rings is 1. The van der Waals surface area contributed by atoms with Gasteiger partial charge in [0.05, 0.1) is 11.5 Å². The smallest absolute Gasteiger partial charge is 0.328 e. The molecule has 1 aliphatic rings. The number of amides is 1. The number of aromatic nitrogens is 1. The van der Waals surface area contributed by atoms with E-state index >= 15 is 0 Å². The van der Waals surface area contributed by atoms with E-state index in [4.69, 9.17) is 4.74 Å². The number of ether oxygens (including phenoxy) is 1. The van der Waals surface area contributed by atoms with Crippen molar-refractivity contribution in [3.63, 3.8) is 0 Å². The highest BCUT2D eigenvalue weighted by molar-refractivity contribution is 5.96. The SMILES string of the molecule is CC(C)[C@H](NC(=O)c1ccc(F)cc1)C(=O)OCC1CCN(c2ncccc2[N+](=O)[O-])CC1. The normalized spacial score (nSPS) is 15.2. The van der Waals surface area contributed by atoms with Gasteiger partial charge in [-0.25, -0.2) is 14.2 Å². The number of anilines is 1. The number of benzene rings is 1. The van der Waals surface area contributed by atoms with Crippen molar-refractivity contribution in [2.45, 2.75) is 32.7 Å². The fourth-order valence-corrected chi connectivity index (χ4v) is 3.70. The zero-order valence-electron chi connectivity index (χ0n) is 18.6. The molecule has 9 nitrogen and oxygen atoms in total. The van der Waals surface area contributed by atoms with Crippen LogP contribution in [-0.2, 0) is 9.53 Å². The molecule has 2 aromatic rings. The molecule has 0 spiro atoms. The van der Waals surface area contributed by atoms with Crippen LogP contribution in [0, 0.1) is 27.8 Å². The van der Waals surface area contributed by atoms with Crippen molar-refractivity contribution in [1.29, 1.82) is 0 Å². The van der Waals surface area contributed by atoms with Crippen LogP contribution < -0.4 is 10.2 Å². The summed E-state index contributed by atoms with van der Waals surface area (Å²) in [6, 6.07) is 7.21. The Bertz CT molecular complexity index is 991. The van der Waals surface area contributed by atoms with Gasteiger partial charge in [-0.15, -0.1) is 0 Å². The molecule has 1 aromatic heterocycles. The highest BCUT2D eigenvalue weighted by atomic mass is 19.1. The van der Waals surface area contributed by atoms with E-state index in [0.29, 0.717) is 31.7 Å². The van der Waals surface area contributed by atoms with Gasteiger partial charge >= 0.3 is 11.7 Å².